The highest BCUT2D eigenvalue weighted by atomic mass is 14.9. The van der Waals surface area contributed by atoms with Crippen LogP contribution in [0.25, 0.3) is 5.52 Å². The predicted molar refractivity (Wildman–Crippen MR) is 65.6 cm³/mol. The molecule has 15 heavy (non-hydrogen) atoms. The summed E-state index contributed by atoms with van der Waals surface area (Å²) in [5, 5.41) is 0. The first-order valence-electron chi connectivity index (χ1n) is 5.70. The van der Waals surface area contributed by atoms with Crippen LogP contribution in [0.1, 0.15) is 50.8 Å². The van der Waals surface area contributed by atoms with Crippen LogP contribution in [0, 0.1) is 0 Å². The van der Waals surface area contributed by atoms with E-state index in [2.05, 4.69) is 62.6 Å². The first kappa shape index (κ1) is 10.3. The van der Waals surface area contributed by atoms with Gasteiger partial charge in [-0.25, -0.2) is 0 Å². The number of pyridine rings is 1. The molecule has 0 amide bonds. The van der Waals surface area contributed by atoms with E-state index in [1.807, 2.05) is 0 Å². The molecule has 0 bridgehead atoms. The van der Waals surface area contributed by atoms with Gasteiger partial charge < -0.3 is 4.40 Å². The van der Waals surface area contributed by atoms with Gasteiger partial charge in [0.1, 0.15) is 0 Å². The van der Waals surface area contributed by atoms with Crippen molar-refractivity contribution < 1.29 is 0 Å². The number of nitrogens with zero attached hydrogens (tertiary/aromatic N) is 1. The molecule has 0 aromatic carbocycles. The highest BCUT2D eigenvalue weighted by Gasteiger charge is 2.08. The Kier molecular flexibility index (Phi) is 2.56. The van der Waals surface area contributed by atoms with E-state index in [9.17, 15) is 0 Å². The van der Waals surface area contributed by atoms with Gasteiger partial charge in [-0.3, -0.25) is 0 Å². The molecule has 2 aromatic heterocycles. The topological polar surface area (TPSA) is 4.41 Å². The third kappa shape index (κ3) is 1.79. The van der Waals surface area contributed by atoms with Gasteiger partial charge in [-0.1, -0.05) is 27.7 Å². The first-order valence-corrected chi connectivity index (χ1v) is 5.70. The van der Waals surface area contributed by atoms with Crippen molar-refractivity contribution >= 4 is 5.52 Å². The van der Waals surface area contributed by atoms with E-state index in [4.69, 9.17) is 0 Å². The smallest absolute Gasteiger partial charge is 0.0455 e. The van der Waals surface area contributed by atoms with Crippen LogP contribution in [0.5, 0.6) is 0 Å². The number of aromatic nitrogens is 1. The Bertz CT molecular complexity index is 463. The third-order valence-electron chi connectivity index (χ3n) is 2.95. The number of hydrogen-bond acceptors (Lipinski definition) is 0. The van der Waals surface area contributed by atoms with Crippen molar-refractivity contribution in [3.05, 3.63) is 41.7 Å². The van der Waals surface area contributed by atoms with Crippen LogP contribution in [0.2, 0.25) is 0 Å². The minimum Gasteiger partial charge on any atom is -0.321 e. The molecule has 0 aliphatic heterocycles. The fourth-order valence-corrected chi connectivity index (χ4v) is 1.98. The van der Waals surface area contributed by atoms with E-state index < -0.39 is 0 Å². The molecular weight excluding hydrogens is 182 g/mol. The molecule has 2 aromatic rings. The normalized spacial score (nSPS) is 11.9. The van der Waals surface area contributed by atoms with E-state index in [1.54, 1.807) is 0 Å². The van der Waals surface area contributed by atoms with Crippen LogP contribution in [0.4, 0.5) is 0 Å². The van der Waals surface area contributed by atoms with Crippen molar-refractivity contribution in [1.82, 2.24) is 4.40 Å². The van der Waals surface area contributed by atoms with Gasteiger partial charge in [0, 0.05) is 17.4 Å². The Morgan fingerprint density at radius 2 is 1.73 bits per heavy atom. The van der Waals surface area contributed by atoms with Crippen molar-refractivity contribution in [1.29, 1.82) is 0 Å². The van der Waals surface area contributed by atoms with Crippen molar-refractivity contribution in [2.75, 3.05) is 0 Å². The zero-order chi connectivity index (χ0) is 11.0. The summed E-state index contributed by atoms with van der Waals surface area (Å²) in [6.45, 7) is 9.00. The number of rotatable bonds is 2. The molecule has 0 aliphatic carbocycles. The molecule has 0 spiro atoms. The van der Waals surface area contributed by atoms with Crippen LogP contribution in [-0.4, -0.2) is 4.40 Å². The lowest BCUT2D eigenvalue weighted by Crippen LogP contribution is -2.00. The van der Waals surface area contributed by atoms with Gasteiger partial charge in [0.25, 0.3) is 0 Å². The van der Waals surface area contributed by atoms with Crippen molar-refractivity contribution in [2.24, 2.45) is 0 Å². The molecule has 2 heterocycles. The molecule has 0 atom stereocenters. The molecular formula is C14H19N. The molecule has 0 saturated carbocycles. The lowest BCUT2D eigenvalue weighted by molar-refractivity contribution is 0.785. The Morgan fingerprint density at radius 1 is 1.00 bits per heavy atom. The van der Waals surface area contributed by atoms with Gasteiger partial charge in [-0.15, -0.1) is 0 Å². The summed E-state index contributed by atoms with van der Waals surface area (Å²) in [6, 6.07) is 8.92. The molecule has 0 radical (unpaired) electrons. The summed E-state index contributed by atoms with van der Waals surface area (Å²) in [5.41, 5.74) is 4.15. The van der Waals surface area contributed by atoms with Crippen molar-refractivity contribution in [3.63, 3.8) is 0 Å². The summed E-state index contributed by atoms with van der Waals surface area (Å²) in [5.74, 6) is 1.17. The van der Waals surface area contributed by atoms with Crippen LogP contribution in [-0.2, 0) is 0 Å². The molecule has 2 rings (SSSR count). The lowest BCUT2D eigenvalue weighted by atomic mass is 9.99. The molecule has 1 heteroatoms. The summed E-state index contributed by atoms with van der Waals surface area (Å²) < 4.78 is 2.29. The molecule has 80 valence electrons. The quantitative estimate of drug-likeness (QED) is 0.686. The fraction of sp³-hybridized carbons (Fsp3) is 0.429. The maximum Gasteiger partial charge on any atom is 0.0455 e. The second-order valence-corrected chi connectivity index (χ2v) is 4.83. The largest absolute Gasteiger partial charge is 0.321 e. The molecule has 0 saturated heterocycles. The molecule has 0 N–H and O–H groups in total. The average molecular weight is 201 g/mol. The number of hydrogen-bond donors (Lipinski definition) is 0. The Labute approximate surface area is 91.7 Å². The standard InChI is InChI=1S/C14H19N/c1-10(2)12-8-13-6-5-7-15(13)14(9-12)11(3)4/h5-11H,1-4H3. The van der Waals surface area contributed by atoms with Gasteiger partial charge in [-0.05, 0) is 41.7 Å². The number of fused-ring (bicyclic) bond motifs is 1. The predicted octanol–water partition coefficient (Wildman–Crippen LogP) is 4.19. The minimum absolute atomic E-state index is 0.568. The van der Waals surface area contributed by atoms with Gasteiger partial charge >= 0.3 is 0 Å². The van der Waals surface area contributed by atoms with Gasteiger partial charge in [0.15, 0.2) is 0 Å². The van der Waals surface area contributed by atoms with E-state index in [0.29, 0.717) is 11.8 Å². The highest BCUT2D eigenvalue weighted by Crippen LogP contribution is 2.24. The Morgan fingerprint density at radius 3 is 2.33 bits per heavy atom. The fourth-order valence-electron chi connectivity index (χ4n) is 1.98. The maximum atomic E-state index is 2.34. The van der Waals surface area contributed by atoms with Crippen LogP contribution >= 0.6 is 0 Å². The van der Waals surface area contributed by atoms with Gasteiger partial charge in [0.2, 0.25) is 0 Å². The van der Waals surface area contributed by atoms with E-state index in [0.717, 1.165) is 0 Å². The second-order valence-electron chi connectivity index (χ2n) is 4.83. The zero-order valence-electron chi connectivity index (χ0n) is 9.99. The molecule has 0 fully saturated rings. The summed E-state index contributed by atoms with van der Waals surface area (Å²) in [6.07, 6.45) is 2.15. The van der Waals surface area contributed by atoms with E-state index in [1.165, 1.54) is 16.8 Å². The van der Waals surface area contributed by atoms with Crippen LogP contribution in [0.15, 0.2) is 30.5 Å². The average Bonchev–Trinajstić information content (AvgIpc) is 2.62. The minimum atomic E-state index is 0.568. The maximum absolute atomic E-state index is 2.34. The molecule has 1 nitrogen and oxygen atoms in total. The monoisotopic (exact) mass is 201 g/mol. The third-order valence-corrected chi connectivity index (χ3v) is 2.95. The molecule has 0 unspecified atom stereocenters. The summed E-state index contributed by atoms with van der Waals surface area (Å²) in [4.78, 5) is 0. The zero-order valence-corrected chi connectivity index (χ0v) is 9.99. The summed E-state index contributed by atoms with van der Waals surface area (Å²) in [7, 11) is 0. The lowest BCUT2D eigenvalue weighted by Gasteiger charge is -2.14. The van der Waals surface area contributed by atoms with Gasteiger partial charge in [0.05, 0.1) is 0 Å². The Hall–Kier alpha value is -1.24. The first-order chi connectivity index (χ1) is 7.09. The SMILES string of the molecule is CC(C)c1cc(C(C)C)n2cccc2c1. The van der Waals surface area contributed by atoms with Crippen LogP contribution in [0.3, 0.4) is 0 Å². The van der Waals surface area contributed by atoms with Crippen LogP contribution < -0.4 is 0 Å². The van der Waals surface area contributed by atoms with E-state index >= 15 is 0 Å². The highest BCUT2D eigenvalue weighted by molar-refractivity contribution is 5.52. The summed E-state index contributed by atoms with van der Waals surface area (Å²) >= 11 is 0. The second kappa shape index (κ2) is 3.73. The van der Waals surface area contributed by atoms with Crippen molar-refractivity contribution in [2.45, 2.75) is 39.5 Å². The van der Waals surface area contributed by atoms with E-state index in [-0.39, 0.29) is 0 Å². The van der Waals surface area contributed by atoms with Gasteiger partial charge in [-0.2, -0.15) is 0 Å². The molecule has 0 aliphatic rings. The Balaban J connectivity index is 2.69. The van der Waals surface area contributed by atoms with Crippen molar-refractivity contribution in [3.8, 4) is 0 Å².